The van der Waals surface area contributed by atoms with Crippen LogP contribution in [0.2, 0.25) is 0 Å². The van der Waals surface area contributed by atoms with E-state index in [2.05, 4.69) is 0 Å². The lowest BCUT2D eigenvalue weighted by atomic mass is 10.1. The van der Waals surface area contributed by atoms with Crippen LogP contribution in [0.3, 0.4) is 0 Å². The normalized spacial score (nSPS) is 12.1. The van der Waals surface area contributed by atoms with Gasteiger partial charge < -0.3 is 31.5 Å². The van der Waals surface area contributed by atoms with Crippen LogP contribution in [-0.4, -0.2) is 27.3 Å². The molecule has 2 unspecified atom stereocenters. The third-order valence-electron chi connectivity index (χ3n) is 4.27. The molecule has 0 aliphatic heterocycles. The fraction of sp³-hybridized carbons (Fsp3) is 0.130. The number of carboxylic acids is 2. The van der Waals surface area contributed by atoms with Gasteiger partial charge in [-0.1, -0.05) is 54.6 Å². The minimum atomic E-state index is -1.08. The van der Waals surface area contributed by atoms with Gasteiger partial charge in [0.25, 0.3) is 0 Å². The van der Waals surface area contributed by atoms with Crippen molar-refractivity contribution in [3.05, 3.63) is 95.6 Å². The lowest BCUT2D eigenvalue weighted by molar-refractivity contribution is -0.139. The molecule has 0 heterocycles. The summed E-state index contributed by atoms with van der Waals surface area (Å²) in [6, 6.07) is 20.3. The Hall–Kier alpha value is -3.88. The lowest BCUT2D eigenvalue weighted by Gasteiger charge is -2.09. The molecule has 0 radical (unpaired) electrons. The van der Waals surface area contributed by atoms with Crippen molar-refractivity contribution < 1.29 is 29.6 Å². The van der Waals surface area contributed by atoms with Crippen molar-refractivity contribution in [1.82, 2.24) is 0 Å². The minimum Gasteiger partial charge on any atom is -0.508 e. The number of hydrogen-bond acceptors (Lipinski definition) is 6. The summed E-state index contributed by atoms with van der Waals surface area (Å²) in [6.45, 7) is 0.477. The number of aromatic hydroxyl groups is 1. The molecule has 0 spiro atoms. The molecular formula is C23H24N2O6. The summed E-state index contributed by atoms with van der Waals surface area (Å²) < 4.78 is 5.60. The topological polar surface area (TPSA) is 156 Å². The van der Waals surface area contributed by atoms with E-state index >= 15 is 0 Å². The van der Waals surface area contributed by atoms with Crippen LogP contribution >= 0.6 is 0 Å². The monoisotopic (exact) mass is 424 g/mol. The standard InChI is InChI=1S/C15H15NO3.C8H9NO3/c16-14(15(17)18)12-6-8-13(9-7-12)19-10-11-4-2-1-3-5-11;9-7(8(11)12)5-1-3-6(10)4-2-5/h1-9,14H,10,16H2,(H,17,18);1-4,7,10H,9H2,(H,11,12). The van der Waals surface area contributed by atoms with Crippen molar-refractivity contribution in [1.29, 1.82) is 0 Å². The molecule has 0 amide bonds. The van der Waals surface area contributed by atoms with Gasteiger partial charge in [-0.2, -0.15) is 0 Å². The van der Waals surface area contributed by atoms with E-state index in [4.69, 9.17) is 31.5 Å². The van der Waals surface area contributed by atoms with E-state index in [1.54, 1.807) is 24.3 Å². The van der Waals surface area contributed by atoms with Crippen LogP contribution in [0, 0.1) is 0 Å². The lowest BCUT2D eigenvalue weighted by Crippen LogP contribution is -2.20. The Morgan fingerprint density at radius 2 is 1.19 bits per heavy atom. The van der Waals surface area contributed by atoms with Crippen LogP contribution < -0.4 is 16.2 Å². The molecule has 0 aromatic heterocycles. The Bertz CT molecular complexity index is 975. The van der Waals surface area contributed by atoms with E-state index in [9.17, 15) is 9.59 Å². The maximum atomic E-state index is 10.7. The van der Waals surface area contributed by atoms with Crippen molar-refractivity contribution >= 4 is 11.9 Å². The zero-order chi connectivity index (χ0) is 22.8. The first-order valence-corrected chi connectivity index (χ1v) is 9.30. The zero-order valence-electron chi connectivity index (χ0n) is 16.6. The van der Waals surface area contributed by atoms with Crippen molar-refractivity contribution in [2.45, 2.75) is 18.7 Å². The van der Waals surface area contributed by atoms with Gasteiger partial charge in [-0.25, -0.2) is 0 Å². The van der Waals surface area contributed by atoms with Gasteiger partial charge in [0.15, 0.2) is 0 Å². The van der Waals surface area contributed by atoms with E-state index in [0.717, 1.165) is 5.56 Å². The van der Waals surface area contributed by atoms with Crippen LogP contribution in [0.15, 0.2) is 78.9 Å². The summed E-state index contributed by atoms with van der Waals surface area (Å²) in [6.07, 6.45) is 0. The smallest absolute Gasteiger partial charge is 0.325 e. The number of aliphatic carboxylic acids is 2. The number of ether oxygens (including phenoxy) is 1. The van der Waals surface area contributed by atoms with Crippen molar-refractivity contribution in [2.75, 3.05) is 0 Å². The highest BCUT2D eigenvalue weighted by Crippen LogP contribution is 2.18. The maximum Gasteiger partial charge on any atom is 0.325 e. The van der Waals surface area contributed by atoms with E-state index < -0.39 is 24.0 Å². The molecule has 8 nitrogen and oxygen atoms in total. The van der Waals surface area contributed by atoms with E-state index in [0.29, 0.717) is 23.5 Å². The summed E-state index contributed by atoms with van der Waals surface area (Å²) in [4.78, 5) is 21.1. The van der Waals surface area contributed by atoms with Crippen molar-refractivity contribution in [3.63, 3.8) is 0 Å². The number of phenolic OH excluding ortho intramolecular Hbond substituents is 1. The molecule has 3 aromatic rings. The second-order valence-electron chi connectivity index (χ2n) is 6.57. The summed E-state index contributed by atoms with van der Waals surface area (Å²) in [5.41, 5.74) is 12.9. The fourth-order valence-corrected chi connectivity index (χ4v) is 2.48. The first kappa shape index (κ1) is 23.4. The van der Waals surface area contributed by atoms with Gasteiger partial charge in [0.2, 0.25) is 0 Å². The molecule has 0 saturated heterocycles. The van der Waals surface area contributed by atoms with Crippen LogP contribution in [-0.2, 0) is 16.2 Å². The summed E-state index contributed by atoms with van der Waals surface area (Å²) in [7, 11) is 0. The molecule has 162 valence electrons. The van der Waals surface area contributed by atoms with Crippen LogP contribution in [0.4, 0.5) is 0 Å². The van der Waals surface area contributed by atoms with Gasteiger partial charge in [-0.15, -0.1) is 0 Å². The van der Waals surface area contributed by atoms with Crippen molar-refractivity contribution in [2.24, 2.45) is 11.5 Å². The second-order valence-corrected chi connectivity index (χ2v) is 6.57. The molecule has 7 N–H and O–H groups in total. The highest BCUT2D eigenvalue weighted by molar-refractivity contribution is 5.75. The first-order chi connectivity index (χ1) is 14.8. The molecule has 3 rings (SSSR count). The molecule has 2 atom stereocenters. The van der Waals surface area contributed by atoms with E-state index in [1.807, 2.05) is 30.3 Å². The molecular weight excluding hydrogens is 400 g/mol. The molecule has 0 fully saturated rings. The van der Waals surface area contributed by atoms with Gasteiger partial charge in [0, 0.05) is 0 Å². The van der Waals surface area contributed by atoms with Gasteiger partial charge in [0.1, 0.15) is 30.2 Å². The maximum absolute atomic E-state index is 10.7. The Labute approximate surface area is 179 Å². The number of phenols is 1. The molecule has 0 aliphatic rings. The molecule has 3 aromatic carbocycles. The zero-order valence-corrected chi connectivity index (χ0v) is 16.6. The van der Waals surface area contributed by atoms with Gasteiger partial charge in [-0.05, 0) is 41.0 Å². The summed E-state index contributed by atoms with van der Waals surface area (Å²) in [5.74, 6) is -1.35. The average Bonchev–Trinajstić information content (AvgIpc) is 2.78. The number of rotatable bonds is 7. The number of carbonyl (C=O) groups is 2. The molecule has 0 bridgehead atoms. The van der Waals surface area contributed by atoms with Gasteiger partial charge in [0.05, 0.1) is 0 Å². The molecule has 31 heavy (non-hydrogen) atoms. The highest BCUT2D eigenvalue weighted by atomic mass is 16.5. The van der Waals surface area contributed by atoms with Gasteiger partial charge >= 0.3 is 11.9 Å². The predicted molar refractivity (Wildman–Crippen MR) is 114 cm³/mol. The Balaban J connectivity index is 0.000000245. The second kappa shape index (κ2) is 11.3. The number of carboxylic acid groups (broad SMARTS) is 2. The minimum absolute atomic E-state index is 0.0938. The first-order valence-electron chi connectivity index (χ1n) is 9.30. The van der Waals surface area contributed by atoms with Crippen LogP contribution in [0.5, 0.6) is 11.5 Å². The van der Waals surface area contributed by atoms with Crippen molar-refractivity contribution in [3.8, 4) is 11.5 Å². The number of benzene rings is 3. The summed E-state index contributed by atoms with van der Waals surface area (Å²) in [5, 5.41) is 26.2. The Morgan fingerprint density at radius 1 is 0.742 bits per heavy atom. The van der Waals surface area contributed by atoms with E-state index in [-0.39, 0.29) is 5.75 Å². The Kier molecular flexibility index (Phi) is 8.56. The average molecular weight is 424 g/mol. The molecule has 8 heteroatoms. The van der Waals surface area contributed by atoms with Crippen LogP contribution in [0.1, 0.15) is 28.8 Å². The number of hydrogen-bond donors (Lipinski definition) is 5. The largest absolute Gasteiger partial charge is 0.508 e. The third kappa shape index (κ3) is 7.46. The third-order valence-corrected chi connectivity index (χ3v) is 4.27. The molecule has 0 saturated carbocycles. The molecule has 0 aliphatic carbocycles. The van der Waals surface area contributed by atoms with E-state index in [1.165, 1.54) is 24.3 Å². The highest BCUT2D eigenvalue weighted by Gasteiger charge is 2.14. The Morgan fingerprint density at radius 3 is 1.65 bits per heavy atom. The van der Waals surface area contributed by atoms with Gasteiger partial charge in [-0.3, -0.25) is 9.59 Å². The van der Waals surface area contributed by atoms with Crippen LogP contribution in [0.25, 0.3) is 0 Å². The summed E-state index contributed by atoms with van der Waals surface area (Å²) >= 11 is 0. The quantitative estimate of drug-likeness (QED) is 0.388. The SMILES string of the molecule is NC(C(=O)O)c1ccc(O)cc1.NC(C(=O)O)c1ccc(OCc2ccccc2)cc1. The predicted octanol–water partition coefficient (Wildman–Crippen LogP) is 2.83. The fourth-order valence-electron chi connectivity index (χ4n) is 2.48. The number of nitrogens with two attached hydrogens (primary N) is 2.